The third kappa shape index (κ3) is 4.11. The molecular formula is C16H17NO2S. The average Bonchev–Trinajstić information content (AvgIpc) is 2.52. The zero-order valence-corrected chi connectivity index (χ0v) is 11.9. The summed E-state index contributed by atoms with van der Waals surface area (Å²) < 4.78 is 0. The molecule has 0 radical (unpaired) electrons. The van der Waals surface area contributed by atoms with Crippen LogP contribution in [0, 0.1) is 0 Å². The van der Waals surface area contributed by atoms with Gasteiger partial charge >= 0.3 is 0 Å². The number of nitrogens with one attached hydrogen (secondary N) is 1. The molecule has 0 aromatic heterocycles. The average molecular weight is 287 g/mol. The van der Waals surface area contributed by atoms with Crippen LogP contribution in [0.25, 0.3) is 0 Å². The van der Waals surface area contributed by atoms with Crippen LogP contribution in [-0.4, -0.2) is 24.2 Å². The number of carbonyl (C=O) groups excluding carboxylic acids is 1. The monoisotopic (exact) mass is 287 g/mol. The van der Waals surface area contributed by atoms with Gasteiger partial charge in [-0.1, -0.05) is 42.5 Å². The van der Waals surface area contributed by atoms with E-state index in [1.165, 1.54) is 5.56 Å². The summed E-state index contributed by atoms with van der Waals surface area (Å²) in [5.41, 5.74) is 1.88. The van der Waals surface area contributed by atoms with Gasteiger partial charge in [0.15, 0.2) is 0 Å². The van der Waals surface area contributed by atoms with E-state index >= 15 is 0 Å². The van der Waals surface area contributed by atoms with Crippen molar-refractivity contribution in [1.82, 2.24) is 5.32 Å². The molecule has 0 atom stereocenters. The van der Waals surface area contributed by atoms with E-state index in [9.17, 15) is 4.79 Å². The van der Waals surface area contributed by atoms with Gasteiger partial charge in [0.25, 0.3) is 5.91 Å². The first-order valence-electron chi connectivity index (χ1n) is 6.46. The summed E-state index contributed by atoms with van der Waals surface area (Å²) in [5.74, 6) is 0.681. The van der Waals surface area contributed by atoms with Crippen LogP contribution >= 0.6 is 11.8 Å². The largest absolute Gasteiger partial charge is 0.395 e. The molecule has 0 saturated heterocycles. The second-order valence-electron chi connectivity index (χ2n) is 4.25. The van der Waals surface area contributed by atoms with Crippen LogP contribution in [0.1, 0.15) is 15.9 Å². The Labute approximate surface area is 123 Å². The minimum Gasteiger partial charge on any atom is -0.395 e. The van der Waals surface area contributed by atoms with Crippen LogP contribution in [0.4, 0.5) is 0 Å². The number of rotatable bonds is 6. The third-order valence-corrected chi connectivity index (χ3v) is 3.91. The van der Waals surface area contributed by atoms with Crippen molar-refractivity contribution in [2.24, 2.45) is 0 Å². The Morgan fingerprint density at radius 1 is 1.05 bits per heavy atom. The standard InChI is InChI=1S/C16H17NO2S/c18-11-10-17-16(19)14-8-4-5-9-15(14)20-12-13-6-2-1-3-7-13/h1-9,18H,10-12H2,(H,17,19). The van der Waals surface area contributed by atoms with Gasteiger partial charge in [-0.15, -0.1) is 11.8 Å². The number of aliphatic hydroxyl groups is 1. The maximum absolute atomic E-state index is 12.0. The lowest BCUT2D eigenvalue weighted by Gasteiger charge is -2.09. The first-order chi connectivity index (χ1) is 9.81. The van der Waals surface area contributed by atoms with Crippen LogP contribution in [0.5, 0.6) is 0 Å². The molecule has 0 heterocycles. The van der Waals surface area contributed by atoms with E-state index in [1.807, 2.05) is 36.4 Å². The SMILES string of the molecule is O=C(NCCO)c1ccccc1SCc1ccccc1. The minimum atomic E-state index is -0.143. The molecule has 2 N–H and O–H groups in total. The summed E-state index contributed by atoms with van der Waals surface area (Å²) in [6, 6.07) is 17.7. The number of hydrogen-bond donors (Lipinski definition) is 2. The molecule has 3 nitrogen and oxygen atoms in total. The Morgan fingerprint density at radius 3 is 2.50 bits per heavy atom. The van der Waals surface area contributed by atoms with Crippen molar-refractivity contribution in [2.75, 3.05) is 13.2 Å². The lowest BCUT2D eigenvalue weighted by atomic mass is 10.2. The molecule has 0 bridgehead atoms. The predicted molar refractivity (Wildman–Crippen MR) is 81.9 cm³/mol. The van der Waals surface area contributed by atoms with Gasteiger partial charge in [-0.2, -0.15) is 0 Å². The van der Waals surface area contributed by atoms with E-state index in [0.29, 0.717) is 5.56 Å². The second-order valence-corrected chi connectivity index (χ2v) is 5.27. The quantitative estimate of drug-likeness (QED) is 0.803. The maximum atomic E-state index is 12.0. The van der Waals surface area contributed by atoms with Gasteiger partial charge in [-0.05, 0) is 17.7 Å². The molecule has 0 aliphatic rings. The first kappa shape index (κ1) is 14.6. The first-order valence-corrected chi connectivity index (χ1v) is 7.44. The van der Waals surface area contributed by atoms with E-state index < -0.39 is 0 Å². The zero-order chi connectivity index (χ0) is 14.2. The van der Waals surface area contributed by atoms with Crippen molar-refractivity contribution in [3.05, 3.63) is 65.7 Å². The van der Waals surface area contributed by atoms with Gasteiger partial charge in [0, 0.05) is 17.2 Å². The van der Waals surface area contributed by atoms with Crippen LogP contribution in [0.2, 0.25) is 0 Å². The molecule has 1 amide bonds. The summed E-state index contributed by atoms with van der Waals surface area (Å²) in [7, 11) is 0. The summed E-state index contributed by atoms with van der Waals surface area (Å²) in [6.07, 6.45) is 0. The molecule has 0 spiro atoms. The second kappa shape index (κ2) is 7.72. The molecule has 2 aromatic carbocycles. The summed E-state index contributed by atoms with van der Waals surface area (Å²) in [5, 5.41) is 11.4. The van der Waals surface area contributed by atoms with Crippen molar-refractivity contribution >= 4 is 17.7 Å². The fraction of sp³-hybridized carbons (Fsp3) is 0.188. The van der Waals surface area contributed by atoms with E-state index in [0.717, 1.165) is 10.6 Å². The van der Waals surface area contributed by atoms with Gasteiger partial charge in [0.1, 0.15) is 0 Å². The zero-order valence-electron chi connectivity index (χ0n) is 11.1. The molecular weight excluding hydrogens is 270 g/mol. The van der Waals surface area contributed by atoms with Crippen LogP contribution in [-0.2, 0) is 5.75 Å². The van der Waals surface area contributed by atoms with E-state index in [-0.39, 0.29) is 19.1 Å². The smallest absolute Gasteiger partial charge is 0.252 e. The van der Waals surface area contributed by atoms with Crippen molar-refractivity contribution < 1.29 is 9.90 Å². The van der Waals surface area contributed by atoms with Gasteiger partial charge in [-0.25, -0.2) is 0 Å². The Morgan fingerprint density at radius 2 is 1.75 bits per heavy atom. The van der Waals surface area contributed by atoms with Gasteiger partial charge in [0.2, 0.25) is 0 Å². The fourth-order valence-corrected chi connectivity index (χ4v) is 2.79. The highest BCUT2D eigenvalue weighted by Gasteiger charge is 2.10. The van der Waals surface area contributed by atoms with Crippen LogP contribution in [0.15, 0.2) is 59.5 Å². The van der Waals surface area contributed by atoms with Gasteiger partial charge < -0.3 is 10.4 Å². The highest BCUT2D eigenvalue weighted by Crippen LogP contribution is 2.26. The normalized spacial score (nSPS) is 10.2. The molecule has 2 rings (SSSR count). The van der Waals surface area contributed by atoms with E-state index in [1.54, 1.807) is 17.8 Å². The lowest BCUT2D eigenvalue weighted by Crippen LogP contribution is -2.26. The van der Waals surface area contributed by atoms with Crippen molar-refractivity contribution in [2.45, 2.75) is 10.6 Å². The van der Waals surface area contributed by atoms with Crippen molar-refractivity contribution in [1.29, 1.82) is 0 Å². The lowest BCUT2D eigenvalue weighted by molar-refractivity contribution is 0.0942. The number of amides is 1. The number of aliphatic hydroxyl groups excluding tert-OH is 1. The van der Waals surface area contributed by atoms with Gasteiger partial charge in [-0.3, -0.25) is 4.79 Å². The number of hydrogen-bond acceptors (Lipinski definition) is 3. The predicted octanol–water partition coefficient (Wildman–Crippen LogP) is 2.70. The highest BCUT2D eigenvalue weighted by atomic mass is 32.2. The molecule has 0 saturated carbocycles. The number of benzene rings is 2. The number of thioether (sulfide) groups is 1. The Kier molecular flexibility index (Phi) is 5.65. The molecule has 0 fully saturated rings. The molecule has 0 aliphatic heterocycles. The maximum Gasteiger partial charge on any atom is 0.252 e. The summed E-state index contributed by atoms with van der Waals surface area (Å²) >= 11 is 1.64. The molecule has 2 aromatic rings. The van der Waals surface area contributed by atoms with Crippen molar-refractivity contribution in [3.63, 3.8) is 0 Å². The number of carbonyl (C=O) groups is 1. The minimum absolute atomic E-state index is 0.0505. The van der Waals surface area contributed by atoms with Crippen LogP contribution in [0.3, 0.4) is 0 Å². The fourth-order valence-electron chi connectivity index (χ4n) is 1.78. The Bertz CT molecular complexity index is 557. The van der Waals surface area contributed by atoms with E-state index in [2.05, 4.69) is 17.4 Å². The van der Waals surface area contributed by atoms with E-state index in [4.69, 9.17) is 5.11 Å². The highest BCUT2D eigenvalue weighted by molar-refractivity contribution is 7.98. The summed E-state index contributed by atoms with van der Waals surface area (Å²) in [4.78, 5) is 13.0. The topological polar surface area (TPSA) is 49.3 Å². The third-order valence-electron chi connectivity index (χ3n) is 2.77. The Hall–Kier alpha value is -1.78. The van der Waals surface area contributed by atoms with Gasteiger partial charge in [0.05, 0.1) is 12.2 Å². The molecule has 20 heavy (non-hydrogen) atoms. The molecule has 104 valence electrons. The summed E-state index contributed by atoms with van der Waals surface area (Å²) in [6.45, 7) is 0.224. The Balaban J connectivity index is 2.06. The molecule has 4 heteroatoms. The molecule has 0 unspecified atom stereocenters. The van der Waals surface area contributed by atoms with Crippen LogP contribution < -0.4 is 5.32 Å². The molecule has 0 aliphatic carbocycles. The van der Waals surface area contributed by atoms with Crippen molar-refractivity contribution in [3.8, 4) is 0 Å².